The highest BCUT2D eigenvalue weighted by molar-refractivity contribution is 5.69. The standard InChI is InChI=1S/C18H35N3O2/c1-18(2,3)23-17(22)21(16-8-9-16)12-6-10-19-13-15-7-5-11-20(4)14-15/h15-16,19H,5-14H2,1-4H3. The maximum absolute atomic E-state index is 12.3. The molecule has 2 fully saturated rings. The minimum atomic E-state index is -0.407. The summed E-state index contributed by atoms with van der Waals surface area (Å²) in [7, 11) is 2.21. The minimum absolute atomic E-state index is 0.145. The van der Waals surface area contributed by atoms with Crippen molar-refractivity contribution in [1.29, 1.82) is 0 Å². The second-order valence-corrected chi connectivity index (χ2v) is 8.23. The third-order valence-corrected chi connectivity index (χ3v) is 4.52. The largest absolute Gasteiger partial charge is 0.444 e. The van der Waals surface area contributed by atoms with Gasteiger partial charge >= 0.3 is 6.09 Å². The quantitative estimate of drug-likeness (QED) is 0.731. The summed E-state index contributed by atoms with van der Waals surface area (Å²) >= 11 is 0. The average molecular weight is 325 g/mol. The van der Waals surface area contributed by atoms with Crippen LogP contribution in [0.2, 0.25) is 0 Å². The zero-order valence-electron chi connectivity index (χ0n) is 15.4. The molecule has 1 aliphatic heterocycles. The molecule has 0 radical (unpaired) electrons. The van der Waals surface area contributed by atoms with E-state index < -0.39 is 5.60 Å². The van der Waals surface area contributed by atoms with Gasteiger partial charge in [-0.15, -0.1) is 0 Å². The van der Waals surface area contributed by atoms with Crippen molar-refractivity contribution >= 4 is 6.09 Å². The molecule has 5 nitrogen and oxygen atoms in total. The Morgan fingerprint density at radius 1 is 1.30 bits per heavy atom. The van der Waals surface area contributed by atoms with Crippen molar-refractivity contribution in [2.75, 3.05) is 39.8 Å². The van der Waals surface area contributed by atoms with Gasteiger partial charge in [0.2, 0.25) is 0 Å². The normalized spacial score (nSPS) is 22.9. The third-order valence-electron chi connectivity index (χ3n) is 4.52. The number of ether oxygens (including phenoxy) is 1. The highest BCUT2D eigenvalue weighted by Crippen LogP contribution is 2.28. The minimum Gasteiger partial charge on any atom is -0.444 e. The SMILES string of the molecule is CN1CCCC(CNCCCN(C(=O)OC(C)(C)C)C2CC2)C1. The number of hydrogen-bond acceptors (Lipinski definition) is 4. The number of nitrogens with one attached hydrogen (secondary N) is 1. The Bertz CT molecular complexity index is 377. The first-order chi connectivity index (χ1) is 10.8. The van der Waals surface area contributed by atoms with Crippen LogP contribution in [0.3, 0.4) is 0 Å². The molecule has 0 spiro atoms. The molecular formula is C18H35N3O2. The van der Waals surface area contributed by atoms with Crippen LogP contribution in [0.1, 0.15) is 52.9 Å². The molecule has 0 bridgehead atoms. The van der Waals surface area contributed by atoms with Crippen molar-refractivity contribution in [2.24, 2.45) is 5.92 Å². The number of carbonyl (C=O) groups is 1. The van der Waals surface area contributed by atoms with Gasteiger partial charge in [-0.05, 0) is 85.5 Å². The molecule has 1 saturated heterocycles. The first kappa shape index (κ1) is 18.5. The maximum Gasteiger partial charge on any atom is 0.410 e. The lowest BCUT2D eigenvalue weighted by Crippen LogP contribution is -2.40. The summed E-state index contributed by atoms with van der Waals surface area (Å²) in [6, 6.07) is 0.414. The van der Waals surface area contributed by atoms with Gasteiger partial charge in [0.15, 0.2) is 0 Å². The maximum atomic E-state index is 12.3. The Kier molecular flexibility index (Phi) is 6.72. The number of piperidine rings is 1. The molecule has 1 atom stereocenters. The Balaban J connectivity index is 1.62. The highest BCUT2D eigenvalue weighted by atomic mass is 16.6. The zero-order chi connectivity index (χ0) is 16.9. The van der Waals surface area contributed by atoms with Crippen LogP contribution in [-0.4, -0.2) is 67.3 Å². The van der Waals surface area contributed by atoms with E-state index in [9.17, 15) is 4.79 Å². The molecule has 2 rings (SSSR count). The van der Waals surface area contributed by atoms with Crippen LogP contribution in [-0.2, 0) is 4.74 Å². The predicted molar refractivity (Wildman–Crippen MR) is 93.7 cm³/mol. The molecule has 0 aromatic heterocycles. The van der Waals surface area contributed by atoms with E-state index in [0.29, 0.717) is 6.04 Å². The predicted octanol–water partition coefficient (Wildman–Crippen LogP) is 2.71. The summed E-state index contributed by atoms with van der Waals surface area (Å²) in [4.78, 5) is 16.6. The van der Waals surface area contributed by atoms with Crippen LogP contribution in [0, 0.1) is 5.92 Å². The molecule has 1 aliphatic carbocycles. The molecular weight excluding hydrogens is 290 g/mol. The van der Waals surface area contributed by atoms with Gasteiger partial charge in [-0.2, -0.15) is 0 Å². The van der Waals surface area contributed by atoms with Gasteiger partial charge in [-0.1, -0.05) is 0 Å². The van der Waals surface area contributed by atoms with E-state index in [-0.39, 0.29) is 6.09 Å². The summed E-state index contributed by atoms with van der Waals surface area (Å²) in [5, 5.41) is 3.57. The Morgan fingerprint density at radius 2 is 2.04 bits per heavy atom. The molecule has 2 aliphatic rings. The van der Waals surface area contributed by atoms with Crippen molar-refractivity contribution in [3.05, 3.63) is 0 Å². The van der Waals surface area contributed by atoms with Gasteiger partial charge in [-0.3, -0.25) is 0 Å². The zero-order valence-corrected chi connectivity index (χ0v) is 15.4. The van der Waals surface area contributed by atoms with Crippen LogP contribution in [0.15, 0.2) is 0 Å². The van der Waals surface area contributed by atoms with Gasteiger partial charge in [0.25, 0.3) is 0 Å². The van der Waals surface area contributed by atoms with Crippen LogP contribution in [0.4, 0.5) is 4.79 Å². The van der Waals surface area contributed by atoms with Crippen molar-refractivity contribution in [1.82, 2.24) is 15.1 Å². The monoisotopic (exact) mass is 325 g/mol. The molecule has 0 aromatic carbocycles. The van der Waals surface area contributed by atoms with Crippen molar-refractivity contribution in [3.63, 3.8) is 0 Å². The Hall–Kier alpha value is -0.810. The summed E-state index contributed by atoms with van der Waals surface area (Å²) in [6.07, 6.45) is 5.76. The number of amides is 1. The van der Waals surface area contributed by atoms with E-state index >= 15 is 0 Å². The van der Waals surface area contributed by atoms with E-state index in [1.54, 1.807) is 0 Å². The van der Waals surface area contributed by atoms with Crippen molar-refractivity contribution in [2.45, 2.75) is 64.5 Å². The number of rotatable bonds is 7. The Labute approximate surface area is 141 Å². The fourth-order valence-corrected chi connectivity index (χ4v) is 3.25. The number of likely N-dealkylation sites (tertiary alicyclic amines) is 1. The fraction of sp³-hybridized carbons (Fsp3) is 0.944. The summed E-state index contributed by atoms with van der Waals surface area (Å²) in [5.74, 6) is 0.777. The van der Waals surface area contributed by atoms with E-state index in [0.717, 1.165) is 44.8 Å². The van der Waals surface area contributed by atoms with Crippen LogP contribution >= 0.6 is 0 Å². The Morgan fingerprint density at radius 3 is 2.65 bits per heavy atom. The molecule has 5 heteroatoms. The fourth-order valence-electron chi connectivity index (χ4n) is 3.25. The average Bonchev–Trinajstić information content (AvgIpc) is 3.25. The summed E-state index contributed by atoms with van der Waals surface area (Å²) in [5.41, 5.74) is -0.407. The van der Waals surface area contributed by atoms with Crippen LogP contribution < -0.4 is 5.32 Å². The molecule has 1 heterocycles. The van der Waals surface area contributed by atoms with Gasteiger partial charge < -0.3 is 19.9 Å². The van der Waals surface area contributed by atoms with Crippen molar-refractivity contribution < 1.29 is 9.53 Å². The van der Waals surface area contributed by atoms with Gasteiger partial charge in [-0.25, -0.2) is 4.79 Å². The number of hydrogen-bond donors (Lipinski definition) is 1. The molecule has 1 unspecified atom stereocenters. The molecule has 23 heavy (non-hydrogen) atoms. The lowest BCUT2D eigenvalue weighted by atomic mass is 9.98. The van der Waals surface area contributed by atoms with Gasteiger partial charge in [0, 0.05) is 19.1 Å². The highest BCUT2D eigenvalue weighted by Gasteiger charge is 2.34. The van der Waals surface area contributed by atoms with E-state index in [4.69, 9.17) is 4.74 Å². The van der Waals surface area contributed by atoms with Gasteiger partial charge in [0.05, 0.1) is 0 Å². The lowest BCUT2D eigenvalue weighted by molar-refractivity contribution is 0.0232. The molecule has 1 saturated carbocycles. The lowest BCUT2D eigenvalue weighted by Gasteiger charge is -2.30. The van der Waals surface area contributed by atoms with Crippen LogP contribution in [0.5, 0.6) is 0 Å². The first-order valence-electron chi connectivity index (χ1n) is 9.24. The third kappa shape index (κ3) is 7.08. The van der Waals surface area contributed by atoms with E-state index in [1.165, 1.54) is 25.9 Å². The topological polar surface area (TPSA) is 44.8 Å². The second kappa shape index (κ2) is 8.34. The molecule has 0 aromatic rings. The molecule has 1 amide bonds. The molecule has 1 N–H and O–H groups in total. The summed E-state index contributed by atoms with van der Waals surface area (Å²) in [6.45, 7) is 11.1. The second-order valence-electron chi connectivity index (χ2n) is 8.23. The molecule has 134 valence electrons. The summed E-state index contributed by atoms with van der Waals surface area (Å²) < 4.78 is 5.53. The van der Waals surface area contributed by atoms with Gasteiger partial charge in [0.1, 0.15) is 5.60 Å². The van der Waals surface area contributed by atoms with Crippen LogP contribution in [0.25, 0.3) is 0 Å². The number of carbonyl (C=O) groups excluding carboxylic acids is 1. The number of nitrogens with zero attached hydrogens (tertiary/aromatic N) is 2. The van der Waals surface area contributed by atoms with E-state index in [2.05, 4.69) is 17.3 Å². The van der Waals surface area contributed by atoms with E-state index in [1.807, 2.05) is 25.7 Å². The van der Waals surface area contributed by atoms with Crippen molar-refractivity contribution in [3.8, 4) is 0 Å². The smallest absolute Gasteiger partial charge is 0.410 e. The first-order valence-corrected chi connectivity index (χ1v) is 9.24.